The highest BCUT2D eigenvalue weighted by molar-refractivity contribution is 6.30. The van der Waals surface area contributed by atoms with Crippen molar-refractivity contribution in [2.75, 3.05) is 39.5 Å². The average molecular weight is 487 g/mol. The summed E-state index contributed by atoms with van der Waals surface area (Å²) in [5.74, 6) is 2.03. The number of esters is 1. The van der Waals surface area contributed by atoms with Gasteiger partial charge in [0.15, 0.2) is 6.10 Å². The highest BCUT2D eigenvalue weighted by Crippen LogP contribution is 2.45. The minimum atomic E-state index is -0.568. The third kappa shape index (κ3) is 6.72. The fraction of sp³-hybridized carbons (Fsp3) is 0.519. The van der Waals surface area contributed by atoms with Crippen molar-refractivity contribution in [1.29, 1.82) is 0 Å². The maximum absolute atomic E-state index is 12.0. The van der Waals surface area contributed by atoms with Crippen LogP contribution in [-0.2, 0) is 27.2 Å². The minimum Gasteiger partial charge on any atom is -0.492 e. The van der Waals surface area contributed by atoms with Gasteiger partial charge in [0.25, 0.3) is 0 Å². The fourth-order valence-electron chi connectivity index (χ4n) is 4.87. The van der Waals surface area contributed by atoms with Gasteiger partial charge in [0.05, 0.1) is 6.61 Å². The van der Waals surface area contributed by atoms with Crippen LogP contribution in [0.25, 0.3) is 0 Å². The summed E-state index contributed by atoms with van der Waals surface area (Å²) in [6.07, 6.45) is -0.0744. The topological polar surface area (TPSA) is 60.0 Å². The molecule has 1 N–H and O–H groups in total. The largest absolute Gasteiger partial charge is 0.492 e. The summed E-state index contributed by atoms with van der Waals surface area (Å²) in [6.45, 7) is 9.29. The molecule has 0 radical (unpaired) electrons. The van der Waals surface area contributed by atoms with E-state index in [1.165, 1.54) is 5.56 Å². The second-order valence-electron chi connectivity index (χ2n) is 9.02. The Morgan fingerprint density at radius 2 is 1.71 bits per heavy atom. The monoisotopic (exact) mass is 486 g/mol. The molecule has 2 aromatic rings. The maximum Gasteiger partial charge on any atom is 0.335 e. The van der Waals surface area contributed by atoms with Gasteiger partial charge in [0.1, 0.15) is 12.4 Å². The lowest BCUT2D eigenvalue weighted by atomic mass is 10.1. The number of likely N-dealkylation sites (tertiary alicyclic amines) is 1. The van der Waals surface area contributed by atoms with E-state index in [9.17, 15) is 4.79 Å². The van der Waals surface area contributed by atoms with E-state index in [0.29, 0.717) is 32.3 Å². The molecule has 0 spiro atoms. The zero-order chi connectivity index (χ0) is 23.9. The third-order valence-electron chi connectivity index (χ3n) is 6.60. The normalized spacial score (nSPS) is 22.3. The Bertz CT molecular complexity index is 909. The van der Waals surface area contributed by atoms with Gasteiger partial charge in [0.2, 0.25) is 0 Å². The van der Waals surface area contributed by atoms with E-state index in [2.05, 4.69) is 22.3 Å². The van der Waals surface area contributed by atoms with Gasteiger partial charge in [-0.2, -0.15) is 0 Å². The highest BCUT2D eigenvalue weighted by Gasteiger charge is 2.55. The molecule has 1 unspecified atom stereocenters. The summed E-state index contributed by atoms with van der Waals surface area (Å²) >= 11 is 5.98. The zero-order valence-electron chi connectivity index (χ0n) is 20.0. The second-order valence-corrected chi connectivity index (χ2v) is 9.46. The van der Waals surface area contributed by atoms with Crippen LogP contribution in [0, 0.1) is 11.8 Å². The van der Waals surface area contributed by atoms with Crippen LogP contribution in [0.5, 0.6) is 5.75 Å². The van der Waals surface area contributed by atoms with Gasteiger partial charge in [-0.25, -0.2) is 4.79 Å². The Morgan fingerprint density at radius 3 is 2.35 bits per heavy atom. The predicted molar refractivity (Wildman–Crippen MR) is 133 cm³/mol. The Balaban J connectivity index is 1.12. The van der Waals surface area contributed by atoms with Crippen LogP contribution in [0.3, 0.4) is 0 Å². The molecule has 6 nitrogen and oxygen atoms in total. The number of benzene rings is 2. The van der Waals surface area contributed by atoms with Crippen LogP contribution >= 0.6 is 11.6 Å². The molecular weight excluding hydrogens is 452 g/mol. The van der Waals surface area contributed by atoms with E-state index >= 15 is 0 Å². The number of ether oxygens (including phenoxy) is 3. The summed E-state index contributed by atoms with van der Waals surface area (Å²) in [4.78, 5) is 14.6. The van der Waals surface area contributed by atoms with E-state index in [4.69, 9.17) is 25.8 Å². The second kappa shape index (κ2) is 12.0. The van der Waals surface area contributed by atoms with Crippen molar-refractivity contribution in [2.24, 2.45) is 11.8 Å². The summed E-state index contributed by atoms with van der Waals surface area (Å²) in [6, 6.07) is 16.6. The number of nitrogens with one attached hydrogen (secondary N) is 1. The van der Waals surface area contributed by atoms with E-state index < -0.39 is 6.10 Å². The van der Waals surface area contributed by atoms with E-state index in [1.54, 1.807) is 6.92 Å². The summed E-state index contributed by atoms with van der Waals surface area (Å²) in [7, 11) is 0. The summed E-state index contributed by atoms with van der Waals surface area (Å²) < 4.78 is 16.6. The Kier molecular flexibility index (Phi) is 8.84. The van der Waals surface area contributed by atoms with Gasteiger partial charge in [0, 0.05) is 50.3 Å². The van der Waals surface area contributed by atoms with E-state index in [1.807, 2.05) is 43.3 Å². The van der Waals surface area contributed by atoms with Crippen molar-refractivity contribution in [1.82, 2.24) is 10.2 Å². The van der Waals surface area contributed by atoms with Crippen molar-refractivity contribution >= 4 is 17.6 Å². The number of nitrogens with zero attached hydrogens (tertiary/aromatic N) is 1. The lowest BCUT2D eigenvalue weighted by Crippen LogP contribution is -2.33. The van der Waals surface area contributed by atoms with Crippen molar-refractivity contribution < 1.29 is 19.0 Å². The first kappa shape index (κ1) is 25.0. The standard InChI is InChI=1S/C27H35ClN2O4/c1-3-32-25(27(31)33-4-2)15-19-7-11-22(12-8-19)34-14-13-29-26-23-17-30(18-24(23)26)16-20-5-9-21(28)10-6-20/h5-12,23-26,29H,3-4,13-18H2,1-2H3/t23-,24?,25-,26+/m0/s1. The molecule has 4 rings (SSSR count). The van der Waals surface area contributed by atoms with Crippen LogP contribution in [0.15, 0.2) is 48.5 Å². The van der Waals surface area contributed by atoms with Crippen LogP contribution in [-0.4, -0.2) is 62.5 Å². The Labute approximate surface area is 207 Å². The van der Waals surface area contributed by atoms with Crippen molar-refractivity contribution in [3.63, 3.8) is 0 Å². The van der Waals surface area contributed by atoms with Gasteiger partial charge >= 0.3 is 5.97 Å². The predicted octanol–water partition coefficient (Wildman–Crippen LogP) is 3.95. The molecule has 0 bridgehead atoms. The number of rotatable bonds is 13. The average Bonchev–Trinajstić information content (AvgIpc) is 3.28. The van der Waals surface area contributed by atoms with Gasteiger partial charge < -0.3 is 19.5 Å². The molecule has 4 atom stereocenters. The minimum absolute atomic E-state index is 0.311. The number of piperidine rings is 1. The lowest BCUT2D eigenvalue weighted by molar-refractivity contribution is -0.156. The highest BCUT2D eigenvalue weighted by atomic mass is 35.5. The SMILES string of the molecule is CCOC(=O)[C@H](Cc1ccc(OCCN[C@H]2C3CN(Cc4ccc(Cl)cc4)C[C@@H]32)cc1)OCC. The molecule has 7 heteroatoms. The Hall–Kier alpha value is -2.12. The molecule has 34 heavy (non-hydrogen) atoms. The van der Waals surface area contributed by atoms with E-state index in [-0.39, 0.29) is 5.97 Å². The molecule has 1 aliphatic carbocycles. The van der Waals surface area contributed by atoms with Gasteiger partial charge in [-0.3, -0.25) is 4.90 Å². The lowest BCUT2D eigenvalue weighted by Gasteiger charge is -2.20. The molecule has 2 aromatic carbocycles. The maximum atomic E-state index is 12.0. The summed E-state index contributed by atoms with van der Waals surface area (Å²) in [5, 5.41) is 4.45. The molecule has 2 aliphatic rings. The number of carbonyl (C=O) groups excluding carboxylic acids is 1. The van der Waals surface area contributed by atoms with Crippen LogP contribution < -0.4 is 10.1 Å². The molecule has 1 saturated carbocycles. The molecule has 0 aromatic heterocycles. The van der Waals surface area contributed by atoms with Crippen molar-refractivity contribution in [3.05, 3.63) is 64.7 Å². The third-order valence-corrected chi connectivity index (χ3v) is 6.85. The van der Waals surface area contributed by atoms with Gasteiger partial charge in [-0.15, -0.1) is 0 Å². The first-order chi connectivity index (χ1) is 16.6. The Morgan fingerprint density at radius 1 is 1.03 bits per heavy atom. The van der Waals surface area contributed by atoms with Crippen LogP contribution in [0.4, 0.5) is 0 Å². The first-order valence-electron chi connectivity index (χ1n) is 12.3. The molecule has 0 amide bonds. The van der Waals surface area contributed by atoms with E-state index in [0.717, 1.165) is 54.4 Å². The fourth-order valence-corrected chi connectivity index (χ4v) is 5.00. The first-order valence-corrected chi connectivity index (χ1v) is 12.6. The number of hydrogen-bond acceptors (Lipinski definition) is 6. The number of halogens is 1. The number of carbonyl (C=O) groups is 1. The molecule has 1 aliphatic heterocycles. The number of hydrogen-bond donors (Lipinski definition) is 1. The molecule has 1 saturated heterocycles. The molecule has 2 fully saturated rings. The van der Waals surface area contributed by atoms with Crippen LogP contribution in [0.1, 0.15) is 25.0 Å². The molecular formula is C27H35ClN2O4. The van der Waals surface area contributed by atoms with Gasteiger partial charge in [-0.1, -0.05) is 35.9 Å². The zero-order valence-corrected chi connectivity index (χ0v) is 20.8. The smallest absolute Gasteiger partial charge is 0.335 e. The molecule has 184 valence electrons. The van der Waals surface area contributed by atoms with Crippen molar-refractivity contribution in [2.45, 2.75) is 39.0 Å². The molecule has 1 heterocycles. The summed E-state index contributed by atoms with van der Waals surface area (Å²) in [5.41, 5.74) is 2.34. The van der Waals surface area contributed by atoms with Crippen LogP contribution in [0.2, 0.25) is 5.02 Å². The van der Waals surface area contributed by atoms with Crippen molar-refractivity contribution in [3.8, 4) is 5.75 Å². The number of fused-ring (bicyclic) bond motifs is 1. The van der Waals surface area contributed by atoms with Gasteiger partial charge in [-0.05, 0) is 61.1 Å². The quantitative estimate of drug-likeness (QED) is 0.342.